The van der Waals surface area contributed by atoms with Crippen LogP contribution in [0.5, 0.6) is 0 Å². The van der Waals surface area contributed by atoms with Gasteiger partial charge in [0.2, 0.25) is 5.91 Å². The van der Waals surface area contributed by atoms with Crippen molar-refractivity contribution >= 4 is 34.9 Å². The smallest absolute Gasteiger partial charge is 0.332 e. The number of likely N-dealkylation sites (N-methyl/N-ethyl adjacent to an activating group) is 1. The molecule has 0 spiro atoms. The molecule has 1 aliphatic rings. The van der Waals surface area contributed by atoms with Crippen molar-refractivity contribution < 1.29 is 14.4 Å². The Balaban J connectivity index is 1.71. The fraction of sp³-hybridized carbons (Fsp3) is 0.316. The van der Waals surface area contributed by atoms with Gasteiger partial charge in [-0.15, -0.1) is 0 Å². The van der Waals surface area contributed by atoms with Gasteiger partial charge in [-0.2, -0.15) is 11.3 Å². The minimum Gasteiger partial charge on any atom is -0.340 e. The van der Waals surface area contributed by atoms with E-state index in [0.29, 0.717) is 12.2 Å². The molecule has 1 saturated heterocycles. The lowest BCUT2D eigenvalue weighted by molar-refractivity contribution is -0.136. The molecule has 0 saturated carbocycles. The van der Waals surface area contributed by atoms with E-state index in [1.54, 1.807) is 25.3 Å². The first-order chi connectivity index (χ1) is 12.4. The Morgan fingerprint density at radius 3 is 2.50 bits per heavy atom. The average molecular weight is 371 g/mol. The van der Waals surface area contributed by atoms with Crippen molar-refractivity contribution in [1.29, 1.82) is 0 Å². The van der Waals surface area contributed by atoms with Crippen molar-refractivity contribution in [2.45, 2.75) is 26.4 Å². The molecule has 6 nitrogen and oxygen atoms in total. The van der Waals surface area contributed by atoms with Gasteiger partial charge < -0.3 is 4.90 Å². The number of thiophene rings is 1. The molecule has 2 aromatic rings. The van der Waals surface area contributed by atoms with Crippen LogP contribution in [0.25, 0.3) is 0 Å². The van der Waals surface area contributed by atoms with E-state index in [-0.39, 0.29) is 18.4 Å². The second kappa shape index (κ2) is 7.29. The lowest BCUT2D eigenvalue weighted by Gasteiger charge is -2.21. The lowest BCUT2D eigenvalue weighted by atomic mass is 10.2. The number of anilines is 1. The molecule has 1 aliphatic heterocycles. The second-order valence-electron chi connectivity index (χ2n) is 6.47. The largest absolute Gasteiger partial charge is 0.340 e. The Bertz CT molecular complexity index is 817. The number of amides is 4. The summed E-state index contributed by atoms with van der Waals surface area (Å²) in [6.07, 6.45) is 0. The molecule has 0 N–H and O–H groups in total. The van der Waals surface area contributed by atoms with E-state index in [2.05, 4.69) is 0 Å². The number of hydrogen-bond donors (Lipinski definition) is 0. The number of rotatable bonds is 5. The van der Waals surface area contributed by atoms with Gasteiger partial charge in [-0.05, 0) is 48.4 Å². The van der Waals surface area contributed by atoms with Gasteiger partial charge in [0.15, 0.2) is 0 Å². The summed E-state index contributed by atoms with van der Waals surface area (Å²) in [5.41, 5.74) is 2.75. The van der Waals surface area contributed by atoms with Crippen molar-refractivity contribution in [2.75, 3.05) is 18.5 Å². The fourth-order valence-corrected chi connectivity index (χ4v) is 3.57. The van der Waals surface area contributed by atoms with E-state index >= 15 is 0 Å². The predicted octanol–water partition coefficient (Wildman–Crippen LogP) is 2.87. The molecule has 2 heterocycles. The number of benzene rings is 1. The summed E-state index contributed by atoms with van der Waals surface area (Å²) in [5.74, 6) is -0.622. The second-order valence-corrected chi connectivity index (χ2v) is 7.25. The highest BCUT2D eigenvalue weighted by Crippen LogP contribution is 2.26. The number of hydrogen-bond acceptors (Lipinski definition) is 4. The van der Waals surface area contributed by atoms with Gasteiger partial charge in [0, 0.05) is 19.3 Å². The standard InChI is InChI=1S/C19H21N3O3S/c1-13-4-6-16(7-5-13)22-14(2)18(24)21(19(22)25)11-17(23)20(3)10-15-8-9-26-12-15/h4-9,12,14H,10-11H2,1-3H3/t14-/m1/s1. The molecule has 136 valence electrons. The van der Waals surface area contributed by atoms with E-state index < -0.39 is 12.1 Å². The zero-order valence-electron chi connectivity index (χ0n) is 15.0. The predicted molar refractivity (Wildman–Crippen MR) is 101 cm³/mol. The molecular weight excluding hydrogens is 350 g/mol. The van der Waals surface area contributed by atoms with Crippen LogP contribution in [-0.2, 0) is 16.1 Å². The summed E-state index contributed by atoms with van der Waals surface area (Å²) >= 11 is 1.56. The van der Waals surface area contributed by atoms with Crippen molar-refractivity contribution in [2.24, 2.45) is 0 Å². The number of urea groups is 1. The highest BCUT2D eigenvalue weighted by Gasteiger charge is 2.44. The van der Waals surface area contributed by atoms with E-state index in [0.717, 1.165) is 16.0 Å². The third-order valence-electron chi connectivity index (χ3n) is 4.48. The molecule has 1 atom stereocenters. The first kappa shape index (κ1) is 18.1. The summed E-state index contributed by atoms with van der Waals surface area (Å²) in [7, 11) is 1.67. The van der Waals surface area contributed by atoms with Crippen LogP contribution in [0, 0.1) is 6.92 Å². The Morgan fingerprint density at radius 1 is 1.19 bits per heavy atom. The highest BCUT2D eigenvalue weighted by molar-refractivity contribution is 7.07. The Kier molecular flexibility index (Phi) is 5.08. The van der Waals surface area contributed by atoms with E-state index in [1.807, 2.05) is 48.0 Å². The van der Waals surface area contributed by atoms with Crippen molar-refractivity contribution in [3.05, 3.63) is 52.2 Å². The van der Waals surface area contributed by atoms with Gasteiger partial charge in [0.25, 0.3) is 5.91 Å². The number of aryl methyl sites for hydroxylation is 1. The molecule has 0 unspecified atom stereocenters. The minimum absolute atomic E-state index is 0.245. The Labute approximate surface area is 156 Å². The molecular formula is C19H21N3O3S. The van der Waals surface area contributed by atoms with Gasteiger partial charge >= 0.3 is 6.03 Å². The molecule has 1 fully saturated rings. The fourth-order valence-electron chi connectivity index (χ4n) is 2.91. The number of carbonyl (C=O) groups is 3. The lowest BCUT2D eigenvalue weighted by Crippen LogP contribution is -2.42. The minimum atomic E-state index is -0.625. The third-order valence-corrected chi connectivity index (χ3v) is 5.21. The van der Waals surface area contributed by atoms with Crippen LogP contribution < -0.4 is 4.90 Å². The first-order valence-corrected chi connectivity index (χ1v) is 9.29. The maximum absolute atomic E-state index is 12.7. The monoisotopic (exact) mass is 371 g/mol. The van der Waals surface area contributed by atoms with Gasteiger partial charge in [-0.1, -0.05) is 17.7 Å². The third kappa shape index (κ3) is 3.48. The summed E-state index contributed by atoms with van der Waals surface area (Å²) in [5, 5.41) is 3.92. The van der Waals surface area contributed by atoms with E-state index in [4.69, 9.17) is 0 Å². The topological polar surface area (TPSA) is 60.9 Å². The van der Waals surface area contributed by atoms with E-state index in [9.17, 15) is 14.4 Å². The van der Waals surface area contributed by atoms with Crippen molar-refractivity contribution in [3.63, 3.8) is 0 Å². The van der Waals surface area contributed by atoms with Crippen molar-refractivity contribution in [3.8, 4) is 0 Å². The van der Waals surface area contributed by atoms with E-state index in [1.165, 1.54) is 9.80 Å². The maximum atomic E-state index is 12.7. The van der Waals surface area contributed by atoms with Gasteiger partial charge in [0.05, 0.1) is 0 Å². The number of imide groups is 1. The molecule has 1 aromatic carbocycles. The molecule has 1 aromatic heterocycles. The van der Waals surface area contributed by atoms with Gasteiger partial charge in [-0.3, -0.25) is 19.4 Å². The van der Waals surface area contributed by atoms with Gasteiger partial charge in [-0.25, -0.2) is 4.79 Å². The SMILES string of the molecule is Cc1ccc(N2C(=O)N(CC(=O)N(C)Cc3ccsc3)C(=O)[C@H]2C)cc1. The Morgan fingerprint density at radius 2 is 1.88 bits per heavy atom. The summed E-state index contributed by atoms with van der Waals surface area (Å²) in [6, 6.07) is 8.27. The number of carbonyl (C=O) groups excluding carboxylic acids is 3. The van der Waals surface area contributed by atoms with Crippen LogP contribution in [0.4, 0.5) is 10.5 Å². The van der Waals surface area contributed by atoms with Crippen LogP contribution in [0.1, 0.15) is 18.1 Å². The zero-order valence-corrected chi connectivity index (χ0v) is 15.8. The molecule has 0 aliphatic carbocycles. The summed E-state index contributed by atoms with van der Waals surface area (Å²) < 4.78 is 0. The maximum Gasteiger partial charge on any atom is 0.332 e. The molecule has 0 bridgehead atoms. The van der Waals surface area contributed by atoms with Gasteiger partial charge in [0.1, 0.15) is 12.6 Å². The molecule has 3 rings (SSSR count). The van der Waals surface area contributed by atoms with Crippen LogP contribution in [0.3, 0.4) is 0 Å². The van der Waals surface area contributed by atoms with Crippen molar-refractivity contribution in [1.82, 2.24) is 9.80 Å². The zero-order chi connectivity index (χ0) is 18.8. The molecule has 0 radical (unpaired) electrons. The van der Waals surface area contributed by atoms with Crippen LogP contribution in [-0.4, -0.2) is 47.3 Å². The van der Waals surface area contributed by atoms with Crippen LogP contribution >= 0.6 is 11.3 Å². The number of nitrogens with zero attached hydrogens (tertiary/aromatic N) is 3. The molecule has 7 heteroatoms. The van der Waals surface area contributed by atoms with Crippen LogP contribution in [0.2, 0.25) is 0 Å². The molecule has 26 heavy (non-hydrogen) atoms. The quantitative estimate of drug-likeness (QED) is 0.760. The highest BCUT2D eigenvalue weighted by atomic mass is 32.1. The first-order valence-electron chi connectivity index (χ1n) is 8.34. The van der Waals surface area contributed by atoms with Crippen LogP contribution in [0.15, 0.2) is 41.1 Å². The Hall–Kier alpha value is -2.67. The average Bonchev–Trinajstić information content (AvgIpc) is 3.19. The normalized spacial score (nSPS) is 17.1. The molecule has 4 amide bonds. The summed E-state index contributed by atoms with van der Waals surface area (Å²) in [4.78, 5) is 41.8. The summed E-state index contributed by atoms with van der Waals surface area (Å²) in [6.45, 7) is 3.85.